The number of rotatable bonds is 6. The van der Waals surface area contributed by atoms with Crippen LogP contribution in [-0.2, 0) is 15.9 Å². The Morgan fingerprint density at radius 2 is 2.30 bits per heavy atom. The van der Waals surface area contributed by atoms with Crippen LogP contribution in [0.5, 0.6) is 5.75 Å². The normalized spacial score (nSPS) is 18.8. The second-order valence-electron chi connectivity index (χ2n) is 4.68. The van der Waals surface area contributed by atoms with Crippen molar-refractivity contribution >= 4 is 5.69 Å². The fourth-order valence-corrected chi connectivity index (χ4v) is 2.18. The fourth-order valence-electron chi connectivity index (χ4n) is 2.18. The van der Waals surface area contributed by atoms with E-state index >= 15 is 0 Å². The molecule has 0 saturated carbocycles. The van der Waals surface area contributed by atoms with Crippen molar-refractivity contribution in [2.24, 2.45) is 0 Å². The van der Waals surface area contributed by atoms with E-state index < -0.39 is 4.92 Å². The average molecular weight is 281 g/mol. The highest BCUT2D eigenvalue weighted by atomic mass is 16.7. The summed E-state index contributed by atoms with van der Waals surface area (Å²) in [6.07, 6.45) is 3.73. The van der Waals surface area contributed by atoms with E-state index in [1.54, 1.807) is 12.1 Å². The van der Waals surface area contributed by atoms with Crippen molar-refractivity contribution in [1.29, 1.82) is 0 Å². The number of nitro groups is 1. The zero-order valence-corrected chi connectivity index (χ0v) is 11.5. The quantitative estimate of drug-likeness (QED) is 0.592. The van der Waals surface area contributed by atoms with Gasteiger partial charge >= 0.3 is 5.69 Å². The molecule has 1 aromatic carbocycles. The minimum atomic E-state index is -0.449. The van der Waals surface area contributed by atoms with Crippen molar-refractivity contribution in [1.82, 2.24) is 0 Å². The molecule has 1 saturated heterocycles. The molecule has 0 aliphatic carbocycles. The van der Waals surface area contributed by atoms with Gasteiger partial charge in [0.1, 0.15) is 0 Å². The molecule has 1 aliphatic rings. The Hall–Kier alpha value is -1.66. The molecule has 1 heterocycles. The second-order valence-corrected chi connectivity index (χ2v) is 4.68. The van der Waals surface area contributed by atoms with E-state index in [-0.39, 0.29) is 17.7 Å². The lowest BCUT2D eigenvalue weighted by Gasteiger charge is -2.22. The van der Waals surface area contributed by atoms with Crippen LogP contribution in [-0.4, -0.2) is 31.5 Å². The first-order chi connectivity index (χ1) is 9.70. The molecule has 1 aromatic rings. The summed E-state index contributed by atoms with van der Waals surface area (Å²) in [6, 6.07) is 4.88. The number of nitro benzene ring substituents is 1. The number of hydrogen-bond acceptors (Lipinski definition) is 5. The van der Waals surface area contributed by atoms with E-state index in [0.29, 0.717) is 13.0 Å². The highest BCUT2D eigenvalue weighted by molar-refractivity contribution is 5.48. The Kier molecular flexibility index (Phi) is 5.31. The van der Waals surface area contributed by atoms with Crippen LogP contribution in [0, 0.1) is 10.1 Å². The molecular formula is C14H19NO5. The van der Waals surface area contributed by atoms with Gasteiger partial charge in [-0.15, -0.1) is 0 Å². The van der Waals surface area contributed by atoms with E-state index in [1.165, 1.54) is 13.2 Å². The summed E-state index contributed by atoms with van der Waals surface area (Å²) in [5.41, 5.74) is 0.927. The SMILES string of the molecule is COc1cc(CCOC2CCCCO2)ccc1[N+](=O)[O-]. The van der Waals surface area contributed by atoms with Gasteiger partial charge in [0.25, 0.3) is 0 Å². The van der Waals surface area contributed by atoms with E-state index in [2.05, 4.69) is 0 Å². The molecule has 0 radical (unpaired) electrons. The van der Waals surface area contributed by atoms with Gasteiger partial charge in [0.15, 0.2) is 12.0 Å². The third-order valence-corrected chi connectivity index (χ3v) is 3.27. The highest BCUT2D eigenvalue weighted by Gasteiger charge is 2.16. The first-order valence-corrected chi connectivity index (χ1v) is 6.75. The van der Waals surface area contributed by atoms with Crippen molar-refractivity contribution < 1.29 is 19.1 Å². The van der Waals surface area contributed by atoms with Gasteiger partial charge in [-0.3, -0.25) is 10.1 Å². The van der Waals surface area contributed by atoms with Gasteiger partial charge in [0, 0.05) is 12.7 Å². The minimum absolute atomic E-state index is 0.0206. The summed E-state index contributed by atoms with van der Waals surface area (Å²) in [4.78, 5) is 10.3. The summed E-state index contributed by atoms with van der Waals surface area (Å²) in [6.45, 7) is 1.29. The highest BCUT2D eigenvalue weighted by Crippen LogP contribution is 2.27. The van der Waals surface area contributed by atoms with Crippen LogP contribution < -0.4 is 4.74 Å². The number of benzene rings is 1. The molecule has 1 atom stereocenters. The predicted molar refractivity (Wildman–Crippen MR) is 72.9 cm³/mol. The van der Waals surface area contributed by atoms with E-state index in [4.69, 9.17) is 14.2 Å². The number of ether oxygens (including phenoxy) is 3. The maximum atomic E-state index is 10.8. The van der Waals surface area contributed by atoms with Crippen LogP contribution in [0.25, 0.3) is 0 Å². The Morgan fingerprint density at radius 3 is 2.95 bits per heavy atom. The molecule has 1 fully saturated rings. The fraction of sp³-hybridized carbons (Fsp3) is 0.571. The number of methoxy groups -OCH3 is 1. The summed E-state index contributed by atoms with van der Waals surface area (Å²) in [5.74, 6) is 0.279. The first kappa shape index (κ1) is 14.7. The molecule has 20 heavy (non-hydrogen) atoms. The molecule has 0 spiro atoms. The smallest absolute Gasteiger partial charge is 0.310 e. The monoisotopic (exact) mass is 281 g/mol. The number of nitrogens with zero attached hydrogens (tertiary/aromatic N) is 1. The van der Waals surface area contributed by atoms with E-state index in [1.807, 2.05) is 0 Å². The third kappa shape index (κ3) is 3.91. The topological polar surface area (TPSA) is 70.8 Å². The molecule has 6 heteroatoms. The molecular weight excluding hydrogens is 262 g/mol. The van der Waals surface area contributed by atoms with Crippen LogP contribution in [0.4, 0.5) is 5.69 Å². The van der Waals surface area contributed by atoms with Crippen LogP contribution in [0.3, 0.4) is 0 Å². The molecule has 0 bridgehead atoms. The first-order valence-electron chi connectivity index (χ1n) is 6.75. The summed E-state index contributed by atoms with van der Waals surface area (Å²) in [5, 5.41) is 10.8. The summed E-state index contributed by atoms with van der Waals surface area (Å²) in [7, 11) is 1.43. The van der Waals surface area contributed by atoms with E-state index in [9.17, 15) is 10.1 Å². The zero-order valence-electron chi connectivity index (χ0n) is 11.5. The molecule has 1 unspecified atom stereocenters. The molecule has 110 valence electrons. The van der Waals surface area contributed by atoms with Gasteiger partial charge < -0.3 is 14.2 Å². The van der Waals surface area contributed by atoms with Crippen molar-refractivity contribution in [3.05, 3.63) is 33.9 Å². The Labute approximate surface area is 117 Å². The predicted octanol–water partition coefficient (Wildman–Crippen LogP) is 2.69. The molecule has 1 aliphatic heterocycles. The lowest BCUT2D eigenvalue weighted by molar-refractivity contribution is -0.385. The van der Waals surface area contributed by atoms with Crippen LogP contribution in [0.15, 0.2) is 18.2 Å². The third-order valence-electron chi connectivity index (χ3n) is 3.27. The van der Waals surface area contributed by atoms with Gasteiger partial charge in [-0.2, -0.15) is 0 Å². The van der Waals surface area contributed by atoms with Gasteiger partial charge in [-0.1, -0.05) is 6.07 Å². The van der Waals surface area contributed by atoms with Crippen LogP contribution in [0.1, 0.15) is 24.8 Å². The average Bonchev–Trinajstić information content (AvgIpc) is 2.48. The summed E-state index contributed by atoms with van der Waals surface area (Å²) >= 11 is 0. The Balaban J connectivity index is 1.87. The van der Waals surface area contributed by atoms with Crippen molar-refractivity contribution in [2.45, 2.75) is 32.0 Å². The van der Waals surface area contributed by atoms with Gasteiger partial charge in [0.2, 0.25) is 0 Å². The summed E-state index contributed by atoms with van der Waals surface area (Å²) < 4.78 is 16.2. The second kappa shape index (κ2) is 7.21. The Bertz CT molecular complexity index is 457. The molecule has 0 amide bonds. The molecule has 0 aromatic heterocycles. The van der Waals surface area contributed by atoms with Crippen LogP contribution in [0.2, 0.25) is 0 Å². The van der Waals surface area contributed by atoms with Gasteiger partial charge in [0.05, 0.1) is 18.6 Å². The van der Waals surface area contributed by atoms with Crippen molar-refractivity contribution in [3.63, 3.8) is 0 Å². The molecule has 6 nitrogen and oxygen atoms in total. The molecule has 0 N–H and O–H groups in total. The Morgan fingerprint density at radius 1 is 1.45 bits per heavy atom. The van der Waals surface area contributed by atoms with E-state index in [0.717, 1.165) is 31.4 Å². The van der Waals surface area contributed by atoms with Crippen molar-refractivity contribution in [2.75, 3.05) is 20.3 Å². The largest absolute Gasteiger partial charge is 0.490 e. The van der Waals surface area contributed by atoms with Gasteiger partial charge in [-0.25, -0.2) is 0 Å². The van der Waals surface area contributed by atoms with Crippen molar-refractivity contribution in [3.8, 4) is 5.75 Å². The standard InChI is InChI=1S/C14H19NO5/c1-18-13-10-11(5-6-12(13)15(16)17)7-9-20-14-4-2-3-8-19-14/h5-6,10,14H,2-4,7-9H2,1H3. The maximum absolute atomic E-state index is 10.8. The lowest BCUT2D eigenvalue weighted by atomic mass is 10.1. The zero-order chi connectivity index (χ0) is 14.4. The van der Waals surface area contributed by atoms with Crippen LogP contribution >= 0.6 is 0 Å². The van der Waals surface area contributed by atoms with Gasteiger partial charge in [-0.05, 0) is 37.3 Å². The maximum Gasteiger partial charge on any atom is 0.310 e. The number of hydrogen-bond donors (Lipinski definition) is 0. The molecule has 2 rings (SSSR count). The lowest BCUT2D eigenvalue weighted by Crippen LogP contribution is -2.23. The minimum Gasteiger partial charge on any atom is -0.490 e.